The van der Waals surface area contributed by atoms with Crippen molar-refractivity contribution in [2.45, 2.75) is 44.4 Å². The first kappa shape index (κ1) is 22.9. The molecule has 0 aromatic carbocycles. The van der Waals surface area contributed by atoms with Gasteiger partial charge in [0, 0.05) is 6.61 Å². The van der Waals surface area contributed by atoms with E-state index < -0.39 is 23.9 Å². The Balaban J connectivity index is 1.50. The second kappa shape index (κ2) is 10.5. The highest BCUT2D eigenvalue weighted by molar-refractivity contribution is 5.81. The smallest absolute Gasteiger partial charge is 0.332 e. The number of nitrogens with zero attached hydrogens (tertiary/aromatic N) is 4. The molecule has 11 heteroatoms. The van der Waals surface area contributed by atoms with Crippen molar-refractivity contribution in [3.8, 4) is 12.3 Å². The molecule has 1 aliphatic heterocycles. The Morgan fingerprint density at radius 1 is 1.42 bits per heavy atom. The number of carbonyl (C=O) groups excluding carboxylic acids is 1. The number of ether oxygens (including phenoxy) is 4. The van der Waals surface area contributed by atoms with E-state index in [4.69, 9.17) is 31.1 Å². The van der Waals surface area contributed by atoms with Crippen LogP contribution in [0.3, 0.4) is 0 Å². The molecule has 31 heavy (non-hydrogen) atoms. The first-order chi connectivity index (χ1) is 15.0. The van der Waals surface area contributed by atoms with Gasteiger partial charge in [-0.2, -0.15) is 14.4 Å². The third-order valence-electron chi connectivity index (χ3n) is 4.85. The quantitative estimate of drug-likeness (QED) is 0.243. The van der Waals surface area contributed by atoms with E-state index in [1.165, 1.54) is 6.33 Å². The van der Waals surface area contributed by atoms with E-state index >= 15 is 0 Å². The molecule has 2 N–H and O–H groups in total. The number of nitrogen functional groups attached to an aromatic ring is 1. The number of esters is 1. The summed E-state index contributed by atoms with van der Waals surface area (Å²) < 4.78 is 37.0. The molecule has 0 saturated carbocycles. The molecular formula is C20H26FN5O5. The van der Waals surface area contributed by atoms with Crippen LogP contribution in [0.5, 0.6) is 0 Å². The SMILES string of the molecule is C#C[C@@]1(COC(=O)COCCOCCCC)CC[C@H](n2cnc3c(N)nc(F)nc32)O1. The van der Waals surface area contributed by atoms with E-state index in [0.717, 1.165) is 12.8 Å². The number of imidazole rings is 1. The van der Waals surface area contributed by atoms with Crippen LogP contribution in [0.2, 0.25) is 0 Å². The number of hydrogen-bond acceptors (Lipinski definition) is 9. The highest BCUT2D eigenvalue weighted by atomic mass is 19.1. The average molecular weight is 435 g/mol. The van der Waals surface area contributed by atoms with Gasteiger partial charge < -0.3 is 24.7 Å². The third kappa shape index (κ3) is 5.66. The van der Waals surface area contributed by atoms with Gasteiger partial charge in [0.1, 0.15) is 19.4 Å². The lowest BCUT2D eigenvalue weighted by atomic mass is 10.0. The maximum atomic E-state index is 13.6. The molecule has 0 amide bonds. The fraction of sp³-hybridized carbons (Fsp3) is 0.600. The zero-order valence-corrected chi connectivity index (χ0v) is 17.4. The fourth-order valence-electron chi connectivity index (χ4n) is 3.17. The monoisotopic (exact) mass is 435 g/mol. The van der Waals surface area contributed by atoms with Gasteiger partial charge in [0.2, 0.25) is 0 Å². The Morgan fingerprint density at radius 2 is 2.23 bits per heavy atom. The van der Waals surface area contributed by atoms with Crippen molar-refractivity contribution in [2.75, 3.05) is 38.8 Å². The number of anilines is 1. The van der Waals surface area contributed by atoms with E-state index in [2.05, 4.69) is 27.8 Å². The summed E-state index contributed by atoms with van der Waals surface area (Å²) in [6, 6.07) is 0. The lowest BCUT2D eigenvalue weighted by Crippen LogP contribution is -2.34. The van der Waals surface area contributed by atoms with Crippen LogP contribution in [-0.4, -0.2) is 64.1 Å². The van der Waals surface area contributed by atoms with E-state index in [1.807, 2.05) is 0 Å². The molecule has 2 aromatic heterocycles. The van der Waals surface area contributed by atoms with Crippen LogP contribution in [0, 0.1) is 18.4 Å². The van der Waals surface area contributed by atoms with Crippen LogP contribution < -0.4 is 5.73 Å². The molecule has 168 valence electrons. The Kier molecular flexibility index (Phi) is 7.73. The number of halogens is 1. The summed E-state index contributed by atoms with van der Waals surface area (Å²) in [5.41, 5.74) is 5.05. The summed E-state index contributed by atoms with van der Waals surface area (Å²) in [6.45, 7) is 3.13. The Morgan fingerprint density at radius 3 is 3.00 bits per heavy atom. The number of hydrogen-bond donors (Lipinski definition) is 1. The van der Waals surface area contributed by atoms with Crippen LogP contribution in [-0.2, 0) is 23.7 Å². The van der Waals surface area contributed by atoms with Crippen molar-refractivity contribution >= 4 is 23.0 Å². The Bertz CT molecular complexity index is 946. The molecular weight excluding hydrogens is 409 g/mol. The second-order valence-electron chi connectivity index (χ2n) is 7.13. The van der Waals surface area contributed by atoms with E-state index in [0.29, 0.717) is 32.7 Å². The van der Waals surface area contributed by atoms with Gasteiger partial charge in [-0.25, -0.2) is 9.78 Å². The van der Waals surface area contributed by atoms with E-state index in [9.17, 15) is 9.18 Å². The highest BCUT2D eigenvalue weighted by Gasteiger charge is 2.41. The zero-order valence-electron chi connectivity index (χ0n) is 17.4. The molecule has 1 aliphatic rings. The van der Waals surface area contributed by atoms with Crippen LogP contribution >= 0.6 is 0 Å². The summed E-state index contributed by atoms with van der Waals surface area (Å²) in [7, 11) is 0. The van der Waals surface area contributed by atoms with E-state index in [-0.39, 0.29) is 30.2 Å². The fourth-order valence-corrected chi connectivity index (χ4v) is 3.17. The topological polar surface area (TPSA) is 124 Å². The van der Waals surface area contributed by atoms with Crippen LogP contribution in [0.15, 0.2) is 6.33 Å². The summed E-state index contributed by atoms with van der Waals surface area (Å²) >= 11 is 0. The highest BCUT2D eigenvalue weighted by Crippen LogP contribution is 2.37. The number of carbonyl (C=O) groups is 1. The van der Waals surface area contributed by atoms with Gasteiger partial charge in [0.25, 0.3) is 0 Å². The van der Waals surface area contributed by atoms with Crippen molar-refractivity contribution in [3.63, 3.8) is 0 Å². The molecule has 0 aliphatic carbocycles. The summed E-state index contributed by atoms with van der Waals surface area (Å²) in [5, 5.41) is 0. The van der Waals surface area contributed by atoms with Gasteiger partial charge >= 0.3 is 12.0 Å². The number of aromatic nitrogens is 4. The average Bonchev–Trinajstić information content (AvgIpc) is 3.36. The Labute approximate surface area is 179 Å². The predicted molar refractivity (Wildman–Crippen MR) is 108 cm³/mol. The molecule has 1 fully saturated rings. The summed E-state index contributed by atoms with van der Waals surface area (Å²) in [5.74, 6) is 1.95. The molecule has 0 unspecified atom stereocenters. The van der Waals surface area contributed by atoms with Gasteiger partial charge in [-0.05, 0) is 19.3 Å². The maximum absolute atomic E-state index is 13.6. The van der Waals surface area contributed by atoms with Gasteiger partial charge in [-0.15, -0.1) is 6.42 Å². The van der Waals surface area contributed by atoms with Crippen molar-refractivity contribution in [2.24, 2.45) is 0 Å². The molecule has 2 atom stereocenters. The van der Waals surface area contributed by atoms with Gasteiger partial charge in [0.15, 0.2) is 22.6 Å². The first-order valence-electron chi connectivity index (χ1n) is 10.1. The number of nitrogens with two attached hydrogens (primary N) is 1. The molecule has 0 radical (unpaired) electrons. The largest absolute Gasteiger partial charge is 0.460 e. The summed E-state index contributed by atoms with van der Waals surface area (Å²) in [4.78, 5) is 23.3. The minimum absolute atomic E-state index is 0.0628. The number of unbranched alkanes of at least 4 members (excludes halogenated alkanes) is 1. The lowest BCUT2D eigenvalue weighted by molar-refractivity contribution is -0.157. The van der Waals surface area contributed by atoms with Crippen LogP contribution in [0.1, 0.15) is 38.8 Å². The third-order valence-corrected chi connectivity index (χ3v) is 4.85. The van der Waals surface area contributed by atoms with Crippen molar-refractivity contribution in [1.29, 1.82) is 0 Å². The minimum atomic E-state index is -1.11. The summed E-state index contributed by atoms with van der Waals surface area (Å²) in [6.07, 6.45) is 8.54. The van der Waals surface area contributed by atoms with Crippen LogP contribution in [0.25, 0.3) is 11.2 Å². The predicted octanol–water partition coefficient (Wildman–Crippen LogP) is 1.61. The Hall–Kier alpha value is -2.81. The van der Waals surface area contributed by atoms with Crippen LogP contribution in [0.4, 0.5) is 10.2 Å². The number of fused-ring (bicyclic) bond motifs is 1. The molecule has 1 saturated heterocycles. The number of terminal acetylenes is 1. The molecule has 0 spiro atoms. The van der Waals surface area contributed by atoms with Crippen molar-refractivity contribution in [1.82, 2.24) is 19.5 Å². The standard InChI is InChI=1S/C20H26FN5O5/c1-3-5-8-28-9-10-29-11-15(27)30-12-20(4-2)7-6-14(31-20)26-13-23-16-17(22)24-19(21)25-18(16)26/h2,13-14H,3,5-12H2,1H3,(H2,22,24,25)/t14-,20+/m1/s1. The number of rotatable bonds is 11. The maximum Gasteiger partial charge on any atom is 0.332 e. The van der Waals surface area contributed by atoms with Crippen molar-refractivity contribution < 1.29 is 28.1 Å². The minimum Gasteiger partial charge on any atom is -0.460 e. The second-order valence-corrected chi connectivity index (χ2v) is 7.13. The normalized spacial score (nSPS) is 20.7. The van der Waals surface area contributed by atoms with Gasteiger partial charge in [-0.3, -0.25) is 4.57 Å². The molecule has 0 bridgehead atoms. The molecule has 10 nitrogen and oxygen atoms in total. The van der Waals surface area contributed by atoms with E-state index in [1.54, 1.807) is 4.57 Å². The molecule has 3 heterocycles. The van der Waals surface area contributed by atoms with Gasteiger partial charge in [0.05, 0.1) is 19.5 Å². The van der Waals surface area contributed by atoms with Gasteiger partial charge in [-0.1, -0.05) is 19.3 Å². The molecule has 3 rings (SSSR count). The lowest BCUT2D eigenvalue weighted by Gasteiger charge is -2.23. The first-order valence-corrected chi connectivity index (χ1v) is 10.1. The zero-order chi connectivity index (χ0) is 22.3. The van der Waals surface area contributed by atoms with Crippen molar-refractivity contribution in [3.05, 3.63) is 12.4 Å². The molecule has 2 aromatic rings.